The predicted octanol–water partition coefficient (Wildman–Crippen LogP) is 2.60. The Kier molecular flexibility index (Phi) is 5.51. The molecule has 2 N–H and O–H groups in total. The number of pyridine rings is 1. The smallest absolute Gasteiger partial charge is 0.308 e. The van der Waals surface area contributed by atoms with Gasteiger partial charge in [0.15, 0.2) is 0 Å². The van der Waals surface area contributed by atoms with E-state index in [1.807, 2.05) is 20.8 Å². The normalized spacial score (nSPS) is 12.8. The van der Waals surface area contributed by atoms with E-state index in [1.54, 1.807) is 6.07 Å². The monoisotopic (exact) mass is 298 g/mol. The molecule has 6 heteroatoms. The number of hydrogen-bond acceptors (Lipinski definition) is 3. The topological polar surface area (TPSA) is 79.3 Å². The third kappa shape index (κ3) is 5.57. The van der Waals surface area contributed by atoms with Crippen molar-refractivity contribution in [1.29, 1.82) is 0 Å². The highest BCUT2D eigenvalue weighted by atomic mass is 35.5. The van der Waals surface area contributed by atoms with Crippen LogP contribution >= 0.6 is 11.6 Å². The molecule has 0 fully saturated rings. The number of aromatic nitrogens is 1. The average molecular weight is 299 g/mol. The van der Waals surface area contributed by atoms with Crippen LogP contribution in [0.1, 0.15) is 37.7 Å². The van der Waals surface area contributed by atoms with Gasteiger partial charge >= 0.3 is 5.97 Å². The number of rotatable bonds is 5. The molecular weight excluding hydrogens is 280 g/mol. The van der Waals surface area contributed by atoms with Gasteiger partial charge in [-0.2, -0.15) is 0 Å². The van der Waals surface area contributed by atoms with E-state index in [0.29, 0.717) is 11.4 Å². The van der Waals surface area contributed by atoms with Crippen molar-refractivity contribution in [1.82, 2.24) is 10.3 Å². The maximum absolute atomic E-state index is 11.9. The number of carboxylic acids is 1. The Hall–Kier alpha value is -1.62. The Labute approximate surface area is 123 Å². The van der Waals surface area contributed by atoms with Gasteiger partial charge in [-0.1, -0.05) is 32.4 Å². The van der Waals surface area contributed by atoms with Crippen molar-refractivity contribution < 1.29 is 14.7 Å². The fourth-order valence-electron chi connectivity index (χ4n) is 1.82. The Morgan fingerprint density at radius 3 is 2.60 bits per heavy atom. The molecule has 1 unspecified atom stereocenters. The summed E-state index contributed by atoms with van der Waals surface area (Å²) in [4.78, 5) is 26.9. The van der Waals surface area contributed by atoms with Crippen molar-refractivity contribution in [2.45, 2.75) is 27.2 Å². The molecule has 1 heterocycles. The molecule has 5 nitrogen and oxygen atoms in total. The number of nitrogens with zero attached hydrogens (tertiary/aromatic N) is 1. The minimum Gasteiger partial charge on any atom is -0.481 e. The maximum Gasteiger partial charge on any atom is 0.308 e. The SMILES string of the molecule is CC(C)(C)CC(CNC(=O)c1cc(Cl)ccn1)C(=O)O. The molecule has 110 valence electrons. The molecule has 1 aromatic rings. The molecule has 0 radical (unpaired) electrons. The van der Waals surface area contributed by atoms with Crippen LogP contribution in [0.5, 0.6) is 0 Å². The predicted molar refractivity (Wildman–Crippen MR) is 76.8 cm³/mol. The van der Waals surface area contributed by atoms with E-state index in [0.717, 1.165) is 0 Å². The van der Waals surface area contributed by atoms with Crippen LogP contribution < -0.4 is 5.32 Å². The number of halogens is 1. The van der Waals surface area contributed by atoms with E-state index in [2.05, 4.69) is 10.3 Å². The van der Waals surface area contributed by atoms with E-state index in [9.17, 15) is 14.7 Å². The molecule has 0 aromatic carbocycles. The number of carbonyl (C=O) groups excluding carboxylic acids is 1. The van der Waals surface area contributed by atoms with Crippen molar-refractivity contribution in [2.24, 2.45) is 11.3 Å². The molecule has 1 atom stereocenters. The second-order valence-electron chi connectivity index (χ2n) is 5.87. The molecule has 1 rings (SSSR count). The second-order valence-corrected chi connectivity index (χ2v) is 6.31. The van der Waals surface area contributed by atoms with Gasteiger partial charge in [-0.25, -0.2) is 0 Å². The van der Waals surface area contributed by atoms with E-state index in [4.69, 9.17) is 11.6 Å². The highest BCUT2D eigenvalue weighted by Gasteiger charge is 2.25. The van der Waals surface area contributed by atoms with Crippen LogP contribution in [-0.2, 0) is 4.79 Å². The average Bonchev–Trinajstić information content (AvgIpc) is 2.32. The Morgan fingerprint density at radius 2 is 2.10 bits per heavy atom. The fraction of sp³-hybridized carbons (Fsp3) is 0.500. The number of hydrogen-bond donors (Lipinski definition) is 2. The summed E-state index contributed by atoms with van der Waals surface area (Å²) in [5.74, 6) is -1.97. The molecule has 0 aliphatic carbocycles. The van der Waals surface area contributed by atoms with E-state index >= 15 is 0 Å². The minimum absolute atomic E-state index is 0.0691. The standard InChI is InChI=1S/C14H19ClN2O3/c1-14(2,3)7-9(13(19)20)8-17-12(18)11-6-10(15)4-5-16-11/h4-6,9H,7-8H2,1-3H3,(H,17,18)(H,19,20). The van der Waals surface area contributed by atoms with Gasteiger partial charge in [0.05, 0.1) is 5.92 Å². The van der Waals surface area contributed by atoms with Crippen molar-refractivity contribution in [3.8, 4) is 0 Å². The summed E-state index contributed by atoms with van der Waals surface area (Å²) in [7, 11) is 0. The highest BCUT2D eigenvalue weighted by Crippen LogP contribution is 2.24. The molecule has 1 aromatic heterocycles. The molecule has 0 saturated heterocycles. The third-order valence-corrected chi connectivity index (χ3v) is 2.91. The summed E-state index contributed by atoms with van der Waals surface area (Å²) < 4.78 is 0. The largest absolute Gasteiger partial charge is 0.481 e. The number of carbonyl (C=O) groups is 2. The zero-order chi connectivity index (χ0) is 15.3. The molecule has 1 amide bonds. The van der Waals surface area contributed by atoms with Crippen molar-refractivity contribution in [3.63, 3.8) is 0 Å². The van der Waals surface area contributed by atoms with Gasteiger partial charge in [0, 0.05) is 17.8 Å². The quantitative estimate of drug-likeness (QED) is 0.875. The van der Waals surface area contributed by atoms with Crippen molar-refractivity contribution in [3.05, 3.63) is 29.0 Å². The first-order chi connectivity index (χ1) is 9.19. The van der Waals surface area contributed by atoms with E-state index in [-0.39, 0.29) is 17.7 Å². The second kappa shape index (κ2) is 6.70. The number of amides is 1. The zero-order valence-corrected chi connectivity index (χ0v) is 12.6. The first-order valence-electron chi connectivity index (χ1n) is 6.31. The summed E-state index contributed by atoms with van der Waals surface area (Å²) in [5, 5.41) is 12.2. The zero-order valence-electron chi connectivity index (χ0n) is 11.8. The first-order valence-corrected chi connectivity index (χ1v) is 6.69. The summed E-state index contributed by atoms with van der Waals surface area (Å²) in [6.07, 6.45) is 1.91. The minimum atomic E-state index is -0.917. The summed E-state index contributed by atoms with van der Waals surface area (Å²) in [6, 6.07) is 3.01. The maximum atomic E-state index is 11.9. The van der Waals surface area contributed by atoms with Crippen molar-refractivity contribution in [2.75, 3.05) is 6.54 Å². The number of aliphatic carboxylic acids is 1. The van der Waals surface area contributed by atoms with Gasteiger partial charge in [-0.15, -0.1) is 0 Å². The molecule has 0 aliphatic rings. The Balaban J connectivity index is 2.64. The molecular formula is C14H19ClN2O3. The molecule has 0 bridgehead atoms. The van der Waals surface area contributed by atoms with Gasteiger partial charge in [0.2, 0.25) is 0 Å². The lowest BCUT2D eigenvalue weighted by molar-refractivity contribution is -0.142. The van der Waals surface area contributed by atoms with Crippen LogP contribution in [0.2, 0.25) is 5.02 Å². The van der Waals surface area contributed by atoms with Crippen LogP contribution in [0.4, 0.5) is 0 Å². The Morgan fingerprint density at radius 1 is 1.45 bits per heavy atom. The Bertz CT molecular complexity index is 497. The van der Waals surface area contributed by atoms with Crippen LogP contribution in [0.3, 0.4) is 0 Å². The lowest BCUT2D eigenvalue weighted by Crippen LogP contribution is -2.35. The van der Waals surface area contributed by atoms with Gasteiger partial charge < -0.3 is 10.4 Å². The number of nitrogens with one attached hydrogen (secondary N) is 1. The van der Waals surface area contributed by atoms with Crippen molar-refractivity contribution >= 4 is 23.5 Å². The van der Waals surface area contributed by atoms with Crippen LogP contribution in [0.25, 0.3) is 0 Å². The first kappa shape index (κ1) is 16.4. The third-order valence-electron chi connectivity index (χ3n) is 2.67. The summed E-state index contributed by atoms with van der Waals surface area (Å²) in [6.45, 7) is 5.95. The van der Waals surface area contributed by atoms with Gasteiger partial charge in [0.1, 0.15) is 5.69 Å². The van der Waals surface area contributed by atoms with Crippen LogP contribution in [-0.4, -0.2) is 28.5 Å². The van der Waals surface area contributed by atoms with Gasteiger partial charge in [0.25, 0.3) is 5.91 Å². The molecule has 0 spiro atoms. The molecule has 0 saturated carbocycles. The lowest BCUT2D eigenvalue weighted by Gasteiger charge is -2.23. The molecule has 0 aliphatic heterocycles. The van der Waals surface area contributed by atoms with Gasteiger partial charge in [-0.05, 0) is 24.0 Å². The van der Waals surface area contributed by atoms with E-state index < -0.39 is 17.8 Å². The summed E-state index contributed by atoms with van der Waals surface area (Å²) >= 11 is 5.78. The van der Waals surface area contributed by atoms with E-state index in [1.165, 1.54) is 12.3 Å². The molecule has 20 heavy (non-hydrogen) atoms. The highest BCUT2D eigenvalue weighted by molar-refractivity contribution is 6.30. The summed E-state index contributed by atoms with van der Waals surface area (Å²) in [5.41, 5.74) is 0.0552. The van der Waals surface area contributed by atoms with Crippen LogP contribution in [0.15, 0.2) is 18.3 Å². The number of carboxylic acid groups (broad SMARTS) is 1. The van der Waals surface area contributed by atoms with Gasteiger partial charge in [-0.3, -0.25) is 14.6 Å². The lowest BCUT2D eigenvalue weighted by atomic mass is 9.84. The fourth-order valence-corrected chi connectivity index (χ4v) is 1.98. The van der Waals surface area contributed by atoms with Crippen LogP contribution in [0, 0.1) is 11.3 Å².